The zero-order chi connectivity index (χ0) is 21.5. The van der Waals surface area contributed by atoms with Crippen LogP contribution in [0.1, 0.15) is 20.8 Å². The Hall–Kier alpha value is -3.76. The van der Waals surface area contributed by atoms with Gasteiger partial charge in [0.25, 0.3) is 0 Å². The molecule has 4 rings (SSSR count). The number of hydrogen-bond acceptors (Lipinski definition) is 6. The number of aromatic amines is 1. The number of ether oxygens (including phenoxy) is 2. The van der Waals surface area contributed by atoms with Gasteiger partial charge in [-0.2, -0.15) is 13.9 Å². The molecule has 1 amide bonds. The van der Waals surface area contributed by atoms with Gasteiger partial charge in [-0.05, 0) is 39.0 Å². The van der Waals surface area contributed by atoms with Crippen molar-refractivity contribution in [3.05, 3.63) is 36.8 Å². The summed E-state index contributed by atoms with van der Waals surface area (Å²) in [4.78, 5) is 23.8. The van der Waals surface area contributed by atoms with Crippen LogP contribution in [0.3, 0.4) is 0 Å². The Morgan fingerprint density at radius 2 is 2.07 bits per heavy atom. The number of carbonyl (C=O) groups is 1. The summed E-state index contributed by atoms with van der Waals surface area (Å²) in [5.41, 5.74) is 0.939. The van der Waals surface area contributed by atoms with Gasteiger partial charge >= 0.3 is 12.7 Å². The van der Waals surface area contributed by atoms with Crippen LogP contribution in [0, 0.1) is 0 Å². The lowest BCUT2D eigenvalue weighted by molar-refractivity contribution is -0.0497. The van der Waals surface area contributed by atoms with Gasteiger partial charge in [0.05, 0.1) is 17.9 Å². The second-order valence-corrected chi connectivity index (χ2v) is 7.50. The maximum absolute atomic E-state index is 12.4. The fourth-order valence-corrected chi connectivity index (χ4v) is 2.84. The largest absolute Gasteiger partial charge is 0.435 e. The van der Waals surface area contributed by atoms with E-state index in [2.05, 4.69) is 30.1 Å². The molecule has 0 bridgehead atoms. The molecule has 0 radical (unpaired) electrons. The number of nitrogens with zero attached hydrogens (tertiary/aromatic N) is 4. The number of rotatable bonds is 4. The maximum Gasteiger partial charge on any atom is 0.413 e. The lowest BCUT2D eigenvalue weighted by atomic mass is 10.1. The van der Waals surface area contributed by atoms with Crippen molar-refractivity contribution in [2.45, 2.75) is 32.9 Å². The highest BCUT2D eigenvalue weighted by molar-refractivity contribution is 5.84. The number of aromatic nitrogens is 5. The van der Waals surface area contributed by atoms with Gasteiger partial charge in [-0.15, -0.1) is 0 Å². The minimum Gasteiger partial charge on any atom is -0.435 e. The number of alkyl halides is 2. The molecule has 0 aliphatic rings. The monoisotopic (exact) mass is 416 g/mol. The van der Waals surface area contributed by atoms with Crippen molar-refractivity contribution in [2.24, 2.45) is 0 Å². The van der Waals surface area contributed by atoms with E-state index in [1.165, 1.54) is 35.4 Å². The van der Waals surface area contributed by atoms with Crippen molar-refractivity contribution in [3.63, 3.8) is 0 Å². The second kappa shape index (κ2) is 7.25. The van der Waals surface area contributed by atoms with E-state index in [-0.39, 0.29) is 11.5 Å². The summed E-state index contributed by atoms with van der Waals surface area (Å²) >= 11 is 0. The molecular formula is C19H18F2N6O3. The molecule has 9 nitrogen and oxygen atoms in total. The summed E-state index contributed by atoms with van der Waals surface area (Å²) in [7, 11) is 0. The summed E-state index contributed by atoms with van der Waals surface area (Å²) in [5, 5.41) is 7.55. The van der Waals surface area contributed by atoms with E-state index in [0.717, 1.165) is 0 Å². The smallest absolute Gasteiger partial charge is 0.413 e. The standard InChI is InChI=1S/C19H18F2N6O3/c1-19(2,3)26-18(28)30-13-8-22-16-15(13)25-14(9-23-16)27-12-5-4-11(29-17(20)21)6-10(12)7-24-27/h4-9,17H,1-3H3,(H,22,23)(H,26,28). The van der Waals surface area contributed by atoms with Crippen molar-refractivity contribution in [3.8, 4) is 17.3 Å². The number of carbonyl (C=O) groups excluding carboxylic acids is 1. The molecule has 156 valence electrons. The van der Waals surface area contributed by atoms with Crippen LogP contribution in [-0.2, 0) is 0 Å². The summed E-state index contributed by atoms with van der Waals surface area (Å²) in [5.74, 6) is 0.607. The van der Waals surface area contributed by atoms with E-state index in [1.54, 1.807) is 6.07 Å². The molecule has 0 spiro atoms. The molecule has 0 unspecified atom stereocenters. The molecule has 4 aromatic rings. The number of amides is 1. The topological polar surface area (TPSA) is 107 Å². The Balaban J connectivity index is 1.67. The van der Waals surface area contributed by atoms with Crippen molar-refractivity contribution in [1.82, 2.24) is 30.0 Å². The Morgan fingerprint density at radius 3 is 2.80 bits per heavy atom. The van der Waals surface area contributed by atoms with Gasteiger partial charge in [-0.1, -0.05) is 0 Å². The molecule has 0 saturated heterocycles. The first-order valence-corrected chi connectivity index (χ1v) is 8.97. The third kappa shape index (κ3) is 4.00. The molecule has 2 N–H and O–H groups in total. The normalized spacial score (nSPS) is 11.9. The molecule has 3 aromatic heterocycles. The van der Waals surface area contributed by atoms with Gasteiger partial charge in [0.2, 0.25) is 0 Å². The zero-order valence-corrected chi connectivity index (χ0v) is 16.3. The number of hydrogen-bond donors (Lipinski definition) is 2. The summed E-state index contributed by atoms with van der Waals surface area (Å²) in [6.45, 7) is 2.60. The van der Waals surface area contributed by atoms with Crippen molar-refractivity contribution in [2.75, 3.05) is 0 Å². The Bertz CT molecular complexity index is 1230. The van der Waals surface area contributed by atoms with Crippen molar-refractivity contribution in [1.29, 1.82) is 0 Å². The molecule has 11 heteroatoms. The highest BCUT2D eigenvalue weighted by Crippen LogP contribution is 2.26. The fourth-order valence-electron chi connectivity index (χ4n) is 2.84. The van der Waals surface area contributed by atoms with Gasteiger partial charge in [-0.25, -0.2) is 19.4 Å². The van der Waals surface area contributed by atoms with Gasteiger partial charge in [-0.3, -0.25) is 0 Å². The first-order chi connectivity index (χ1) is 14.2. The SMILES string of the molecule is CC(C)(C)NC(=O)Oc1c[nH]c2ncc(-n3ncc4cc(OC(F)F)ccc43)nc12. The van der Waals surface area contributed by atoms with Gasteiger partial charge in [0.1, 0.15) is 5.75 Å². The van der Waals surface area contributed by atoms with E-state index in [9.17, 15) is 13.6 Å². The van der Waals surface area contributed by atoms with E-state index >= 15 is 0 Å². The zero-order valence-electron chi connectivity index (χ0n) is 16.3. The molecule has 0 aliphatic carbocycles. The third-order valence-electron chi connectivity index (χ3n) is 3.99. The Kier molecular flexibility index (Phi) is 4.72. The lowest BCUT2D eigenvalue weighted by Gasteiger charge is -2.19. The molecule has 30 heavy (non-hydrogen) atoms. The highest BCUT2D eigenvalue weighted by atomic mass is 19.3. The number of nitrogens with one attached hydrogen (secondary N) is 2. The van der Waals surface area contributed by atoms with Crippen LogP contribution in [-0.4, -0.2) is 43.0 Å². The van der Waals surface area contributed by atoms with Crippen LogP contribution in [0.2, 0.25) is 0 Å². The second-order valence-electron chi connectivity index (χ2n) is 7.50. The van der Waals surface area contributed by atoms with Crippen molar-refractivity contribution < 1.29 is 23.0 Å². The summed E-state index contributed by atoms with van der Waals surface area (Å²) in [6, 6.07) is 4.47. The predicted octanol–water partition coefficient (Wildman–Crippen LogP) is 3.79. The molecular weight excluding hydrogens is 398 g/mol. The van der Waals surface area contributed by atoms with Gasteiger partial charge in [0, 0.05) is 17.1 Å². The lowest BCUT2D eigenvalue weighted by Crippen LogP contribution is -2.42. The number of H-pyrrole nitrogens is 1. The average Bonchev–Trinajstić information content (AvgIpc) is 3.23. The quantitative estimate of drug-likeness (QED) is 0.524. The van der Waals surface area contributed by atoms with Crippen LogP contribution >= 0.6 is 0 Å². The molecule has 1 aromatic carbocycles. The summed E-state index contributed by atoms with van der Waals surface area (Å²) in [6.07, 6.45) is 3.87. The van der Waals surface area contributed by atoms with Crippen LogP contribution in [0.15, 0.2) is 36.8 Å². The van der Waals surface area contributed by atoms with Crippen LogP contribution in [0.5, 0.6) is 11.5 Å². The van der Waals surface area contributed by atoms with Crippen LogP contribution in [0.25, 0.3) is 27.9 Å². The van der Waals surface area contributed by atoms with E-state index in [0.29, 0.717) is 27.9 Å². The summed E-state index contributed by atoms with van der Waals surface area (Å²) < 4.78 is 36.1. The van der Waals surface area contributed by atoms with Gasteiger partial charge < -0.3 is 19.8 Å². The molecule has 0 saturated carbocycles. The molecule has 3 heterocycles. The fraction of sp³-hybridized carbons (Fsp3) is 0.263. The number of fused-ring (bicyclic) bond motifs is 2. The predicted molar refractivity (Wildman–Crippen MR) is 104 cm³/mol. The first kappa shape index (κ1) is 19.6. The Morgan fingerprint density at radius 1 is 1.27 bits per heavy atom. The van der Waals surface area contributed by atoms with Crippen molar-refractivity contribution >= 4 is 28.2 Å². The van der Waals surface area contributed by atoms with E-state index in [1.807, 2.05) is 20.8 Å². The maximum atomic E-state index is 12.4. The minimum absolute atomic E-state index is 0.0322. The third-order valence-corrected chi connectivity index (χ3v) is 3.99. The first-order valence-electron chi connectivity index (χ1n) is 8.97. The Labute approximate surface area is 169 Å². The molecule has 0 fully saturated rings. The van der Waals surface area contributed by atoms with Crippen LogP contribution < -0.4 is 14.8 Å². The average molecular weight is 416 g/mol. The molecule has 0 atom stereocenters. The highest BCUT2D eigenvalue weighted by Gasteiger charge is 2.19. The minimum atomic E-state index is -2.91. The number of halogens is 2. The van der Waals surface area contributed by atoms with Crippen LogP contribution in [0.4, 0.5) is 13.6 Å². The molecule has 0 aliphatic heterocycles. The van der Waals surface area contributed by atoms with E-state index in [4.69, 9.17) is 4.74 Å². The van der Waals surface area contributed by atoms with Gasteiger partial charge in [0.15, 0.2) is 22.7 Å². The van der Waals surface area contributed by atoms with E-state index < -0.39 is 18.2 Å². The number of benzene rings is 1.